The molecule has 10 heteroatoms. The van der Waals surface area contributed by atoms with Crippen molar-refractivity contribution in [3.63, 3.8) is 0 Å². The number of hydrogen-bond acceptors (Lipinski definition) is 6. The summed E-state index contributed by atoms with van der Waals surface area (Å²) in [5, 5.41) is 0.727. The Labute approximate surface area is 276 Å². The summed E-state index contributed by atoms with van der Waals surface area (Å²) in [4.78, 5) is 43.8. The molecule has 3 fully saturated rings. The third-order valence-electron chi connectivity index (χ3n) is 10.4. The van der Waals surface area contributed by atoms with Gasteiger partial charge in [0.25, 0.3) is 0 Å². The topological polar surface area (TPSA) is 83.8 Å². The van der Waals surface area contributed by atoms with Crippen molar-refractivity contribution in [1.82, 2.24) is 29.2 Å². The number of carbonyl (C=O) groups excluding carboxylic acids is 2. The fourth-order valence-electron chi connectivity index (χ4n) is 8.11. The number of halogens is 1. The standard InChI is InChI=1S/C36H45ClN6O3/c1-25-20-40(24-39-25)21-26-7-6-16-42(22-26)35(44)32-23-41(17-18-43(32)36(45)46-30-9-3-2-4-10-30)34-31-14-13-29(37)19-28(31)12-11-27-8-5-15-38-33(27)34/h5,8,13-15,19-20,24,26,30,32,34H,2-4,6-7,9-12,16-18,21-23H2,1H3/t26-,32+,34-/m0/s1. The molecule has 1 aromatic carbocycles. The molecule has 9 nitrogen and oxygen atoms in total. The molecule has 3 aromatic rings. The highest BCUT2D eigenvalue weighted by Gasteiger charge is 2.43. The van der Waals surface area contributed by atoms with Gasteiger partial charge in [-0.1, -0.05) is 30.2 Å². The van der Waals surface area contributed by atoms with E-state index in [9.17, 15) is 9.59 Å². The van der Waals surface area contributed by atoms with Gasteiger partial charge in [-0.25, -0.2) is 9.78 Å². The van der Waals surface area contributed by atoms with Gasteiger partial charge in [-0.15, -0.1) is 0 Å². The Bertz CT molecular complexity index is 1550. The molecule has 1 saturated carbocycles. The Hall–Kier alpha value is -3.43. The van der Waals surface area contributed by atoms with Crippen LogP contribution in [0.25, 0.3) is 0 Å². The molecular weight excluding hydrogens is 600 g/mol. The first-order valence-electron chi connectivity index (χ1n) is 17.1. The number of pyridine rings is 1. The Morgan fingerprint density at radius 1 is 0.957 bits per heavy atom. The van der Waals surface area contributed by atoms with E-state index in [4.69, 9.17) is 21.3 Å². The van der Waals surface area contributed by atoms with Gasteiger partial charge in [0, 0.05) is 56.7 Å². The molecule has 0 radical (unpaired) electrons. The predicted molar refractivity (Wildman–Crippen MR) is 177 cm³/mol. The van der Waals surface area contributed by atoms with Gasteiger partial charge in [-0.3, -0.25) is 19.6 Å². The van der Waals surface area contributed by atoms with E-state index in [0.29, 0.717) is 38.6 Å². The van der Waals surface area contributed by atoms with Crippen LogP contribution >= 0.6 is 11.6 Å². The van der Waals surface area contributed by atoms with Gasteiger partial charge in [0.2, 0.25) is 5.91 Å². The van der Waals surface area contributed by atoms with Crippen molar-refractivity contribution in [3.8, 4) is 0 Å². The van der Waals surface area contributed by atoms with E-state index < -0.39 is 6.04 Å². The molecule has 4 heterocycles. The first-order valence-corrected chi connectivity index (χ1v) is 17.5. The number of hydrogen-bond donors (Lipinski definition) is 0. The molecule has 2 saturated heterocycles. The number of nitrogens with zero attached hydrogens (tertiary/aromatic N) is 6. The van der Waals surface area contributed by atoms with Crippen molar-refractivity contribution in [2.45, 2.75) is 89.4 Å². The second-order valence-corrected chi connectivity index (χ2v) is 14.1. The number of piperazine rings is 1. The number of aromatic nitrogens is 3. The van der Waals surface area contributed by atoms with Crippen LogP contribution in [0.15, 0.2) is 49.1 Å². The number of rotatable bonds is 5. The lowest BCUT2D eigenvalue weighted by atomic mass is 9.94. The molecule has 0 spiro atoms. The molecular formula is C36H45ClN6O3. The first kappa shape index (κ1) is 31.2. The van der Waals surface area contributed by atoms with Gasteiger partial charge in [0.05, 0.1) is 23.8 Å². The summed E-state index contributed by atoms with van der Waals surface area (Å²) >= 11 is 6.48. The maximum atomic E-state index is 14.6. The summed E-state index contributed by atoms with van der Waals surface area (Å²) in [5.41, 5.74) is 5.64. The fourth-order valence-corrected chi connectivity index (χ4v) is 8.30. The minimum absolute atomic E-state index is 0.0167. The van der Waals surface area contributed by atoms with Gasteiger partial charge in [0.1, 0.15) is 12.1 Å². The van der Waals surface area contributed by atoms with Gasteiger partial charge in [-0.2, -0.15) is 0 Å². The maximum Gasteiger partial charge on any atom is 0.410 e. The molecule has 0 N–H and O–H groups in total. The molecule has 2 aliphatic carbocycles. The number of benzene rings is 1. The van der Waals surface area contributed by atoms with E-state index >= 15 is 0 Å². The van der Waals surface area contributed by atoms with Crippen molar-refractivity contribution in [2.75, 3.05) is 32.7 Å². The highest BCUT2D eigenvalue weighted by atomic mass is 35.5. The Balaban J connectivity index is 1.17. The third-order valence-corrected chi connectivity index (χ3v) is 10.7. The highest BCUT2D eigenvalue weighted by Crippen LogP contribution is 2.38. The van der Waals surface area contributed by atoms with Crippen LogP contribution in [0.5, 0.6) is 0 Å². The van der Waals surface area contributed by atoms with E-state index in [1.165, 1.54) is 23.1 Å². The molecule has 244 valence electrons. The summed E-state index contributed by atoms with van der Waals surface area (Å²) in [6.45, 7) is 5.67. The fraction of sp³-hybridized carbons (Fsp3) is 0.556. The number of piperidine rings is 1. The molecule has 4 aliphatic rings. The average Bonchev–Trinajstić information content (AvgIpc) is 3.41. The largest absolute Gasteiger partial charge is 0.446 e. The zero-order valence-corrected chi connectivity index (χ0v) is 27.6. The molecule has 3 atom stereocenters. The SMILES string of the molecule is Cc1cn(C[C@@H]2CCCN(C(=O)[C@H]3CN([C@H]4c5ccc(Cl)cc5CCc5cccnc54)CCN3C(=O)OC3CCCCC3)C2)cn1. The van der Waals surface area contributed by atoms with Crippen LogP contribution in [-0.4, -0.2) is 86.1 Å². The van der Waals surface area contributed by atoms with E-state index in [1.54, 1.807) is 4.90 Å². The minimum Gasteiger partial charge on any atom is -0.446 e. The first-order chi connectivity index (χ1) is 22.4. The van der Waals surface area contributed by atoms with Crippen LogP contribution < -0.4 is 0 Å². The zero-order valence-electron chi connectivity index (χ0n) is 26.8. The van der Waals surface area contributed by atoms with Crippen LogP contribution in [0, 0.1) is 12.8 Å². The van der Waals surface area contributed by atoms with Crippen molar-refractivity contribution in [3.05, 3.63) is 82.2 Å². The van der Waals surface area contributed by atoms with E-state index in [1.807, 2.05) is 36.5 Å². The van der Waals surface area contributed by atoms with Gasteiger partial charge < -0.3 is 14.2 Å². The summed E-state index contributed by atoms with van der Waals surface area (Å²) in [6.07, 6.45) is 14.3. The highest BCUT2D eigenvalue weighted by molar-refractivity contribution is 6.30. The van der Waals surface area contributed by atoms with Gasteiger partial charge in [-0.05, 0) is 99.1 Å². The van der Waals surface area contributed by atoms with Gasteiger partial charge >= 0.3 is 6.09 Å². The second-order valence-electron chi connectivity index (χ2n) is 13.6. The molecule has 0 unspecified atom stereocenters. The lowest BCUT2D eigenvalue weighted by Crippen LogP contribution is -2.62. The van der Waals surface area contributed by atoms with Gasteiger partial charge in [0.15, 0.2) is 0 Å². The summed E-state index contributed by atoms with van der Waals surface area (Å²) in [6, 6.07) is 9.56. The quantitative estimate of drug-likeness (QED) is 0.348. The molecule has 46 heavy (non-hydrogen) atoms. The minimum atomic E-state index is -0.634. The van der Waals surface area contributed by atoms with Crippen LogP contribution in [0.3, 0.4) is 0 Å². The van der Waals surface area contributed by atoms with Crippen LogP contribution in [0.1, 0.15) is 79.1 Å². The second kappa shape index (κ2) is 13.7. The molecule has 7 rings (SSSR count). The van der Waals surface area contributed by atoms with Crippen LogP contribution in [0.4, 0.5) is 4.79 Å². The normalized spacial score (nSPS) is 24.2. The summed E-state index contributed by atoms with van der Waals surface area (Å²) in [5.74, 6) is 0.353. The van der Waals surface area contributed by atoms with E-state index in [2.05, 4.69) is 38.8 Å². The third kappa shape index (κ3) is 6.67. The Morgan fingerprint density at radius 3 is 2.63 bits per heavy atom. The van der Waals surface area contributed by atoms with E-state index in [0.717, 1.165) is 74.3 Å². The molecule has 2 aromatic heterocycles. The van der Waals surface area contributed by atoms with Crippen molar-refractivity contribution in [2.24, 2.45) is 5.92 Å². The van der Waals surface area contributed by atoms with Crippen LogP contribution in [-0.2, 0) is 28.9 Å². The number of ether oxygens (including phenoxy) is 1. The van der Waals surface area contributed by atoms with Crippen molar-refractivity contribution in [1.29, 1.82) is 0 Å². The zero-order chi connectivity index (χ0) is 31.6. The predicted octanol–water partition coefficient (Wildman–Crippen LogP) is 5.82. The Kier molecular flexibility index (Phi) is 9.31. The smallest absolute Gasteiger partial charge is 0.410 e. The number of likely N-dealkylation sites (tertiary alicyclic amines) is 1. The maximum absolute atomic E-state index is 14.6. The summed E-state index contributed by atoms with van der Waals surface area (Å²) < 4.78 is 8.22. The van der Waals surface area contributed by atoms with Crippen molar-refractivity contribution < 1.29 is 14.3 Å². The number of fused-ring (bicyclic) bond motifs is 2. The van der Waals surface area contributed by atoms with E-state index in [-0.39, 0.29) is 24.1 Å². The number of imidazole rings is 1. The summed E-state index contributed by atoms with van der Waals surface area (Å²) in [7, 11) is 0. The number of carbonyl (C=O) groups is 2. The average molecular weight is 645 g/mol. The monoisotopic (exact) mass is 644 g/mol. The molecule has 0 bridgehead atoms. The number of amides is 2. The molecule has 2 aliphatic heterocycles. The number of aryl methyl sites for hydroxylation is 3. The lowest BCUT2D eigenvalue weighted by Gasteiger charge is -2.45. The van der Waals surface area contributed by atoms with Crippen LogP contribution in [0.2, 0.25) is 5.02 Å². The lowest BCUT2D eigenvalue weighted by molar-refractivity contribution is -0.141. The molecule has 2 amide bonds. The van der Waals surface area contributed by atoms with Crippen molar-refractivity contribution >= 4 is 23.6 Å². The Morgan fingerprint density at radius 2 is 1.80 bits per heavy atom.